The predicted octanol–water partition coefficient (Wildman–Crippen LogP) is 3.76. The molecule has 2 rings (SSSR count). The van der Waals surface area contributed by atoms with Crippen molar-refractivity contribution < 1.29 is 0 Å². The Bertz CT molecular complexity index is 271. The van der Waals surface area contributed by atoms with E-state index >= 15 is 0 Å². The lowest BCUT2D eigenvalue weighted by Crippen LogP contribution is -2.50. The van der Waals surface area contributed by atoms with E-state index in [1.807, 2.05) is 0 Å². The molecule has 2 fully saturated rings. The summed E-state index contributed by atoms with van der Waals surface area (Å²) in [5.41, 5.74) is 0.781. The molecule has 118 valence electrons. The third-order valence-electron chi connectivity index (χ3n) is 4.82. The highest BCUT2D eigenvalue weighted by molar-refractivity contribution is 7.99. The molecule has 0 spiro atoms. The monoisotopic (exact) mass is 298 g/mol. The van der Waals surface area contributed by atoms with Crippen LogP contribution in [0.3, 0.4) is 0 Å². The number of nitrogens with zero attached hydrogens (tertiary/aromatic N) is 1. The maximum Gasteiger partial charge on any atom is 0.00967 e. The maximum absolute atomic E-state index is 3.82. The highest BCUT2D eigenvalue weighted by Crippen LogP contribution is 2.36. The molecule has 0 atom stereocenters. The van der Waals surface area contributed by atoms with Crippen LogP contribution in [-0.2, 0) is 0 Å². The zero-order chi connectivity index (χ0) is 14.5. The Balaban J connectivity index is 1.97. The van der Waals surface area contributed by atoms with Crippen molar-refractivity contribution in [3.63, 3.8) is 0 Å². The van der Waals surface area contributed by atoms with E-state index in [1.165, 1.54) is 76.2 Å². The first-order valence-electron chi connectivity index (χ1n) is 8.54. The summed E-state index contributed by atoms with van der Waals surface area (Å²) in [6.07, 6.45) is 8.64. The Morgan fingerprint density at radius 3 is 2.15 bits per heavy atom. The molecule has 0 amide bonds. The van der Waals surface area contributed by atoms with Crippen molar-refractivity contribution in [3.05, 3.63) is 0 Å². The molecule has 0 aromatic heterocycles. The van der Waals surface area contributed by atoms with Crippen LogP contribution >= 0.6 is 11.8 Å². The average Bonchev–Trinajstić information content (AvgIpc) is 2.63. The van der Waals surface area contributed by atoms with Crippen LogP contribution in [0.15, 0.2) is 0 Å². The van der Waals surface area contributed by atoms with Crippen molar-refractivity contribution >= 4 is 11.8 Å². The lowest BCUT2D eigenvalue weighted by atomic mass is 9.79. The molecular weight excluding hydrogens is 264 g/mol. The summed E-state index contributed by atoms with van der Waals surface area (Å²) in [6.45, 7) is 12.1. The molecule has 0 aromatic rings. The number of hydrogen-bond donors (Lipinski definition) is 1. The lowest BCUT2D eigenvalue weighted by Gasteiger charge is -2.41. The number of rotatable bonds is 4. The molecule has 3 heteroatoms. The van der Waals surface area contributed by atoms with E-state index in [-0.39, 0.29) is 5.54 Å². The first kappa shape index (κ1) is 16.6. The van der Waals surface area contributed by atoms with Crippen molar-refractivity contribution in [1.29, 1.82) is 0 Å². The van der Waals surface area contributed by atoms with E-state index in [9.17, 15) is 0 Å². The quantitative estimate of drug-likeness (QED) is 0.796. The molecule has 1 aliphatic carbocycles. The largest absolute Gasteiger partial charge is 0.311 e. The minimum atomic E-state index is 0.247. The summed E-state index contributed by atoms with van der Waals surface area (Å²) in [5, 5.41) is 3.82. The second-order valence-electron chi connectivity index (χ2n) is 7.91. The molecule has 1 aliphatic heterocycles. The topological polar surface area (TPSA) is 15.3 Å². The molecule has 20 heavy (non-hydrogen) atoms. The number of nitrogens with one attached hydrogen (secondary N) is 1. The van der Waals surface area contributed by atoms with Crippen LogP contribution in [0.25, 0.3) is 0 Å². The van der Waals surface area contributed by atoms with Crippen LogP contribution in [0, 0.1) is 5.41 Å². The molecule has 2 aliphatic rings. The van der Waals surface area contributed by atoms with E-state index in [0.29, 0.717) is 5.41 Å². The van der Waals surface area contributed by atoms with Crippen LogP contribution in [0.4, 0.5) is 0 Å². The first-order valence-corrected chi connectivity index (χ1v) is 9.70. The van der Waals surface area contributed by atoms with Crippen molar-refractivity contribution in [2.45, 2.75) is 64.8 Å². The third-order valence-corrected chi connectivity index (χ3v) is 5.76. The smallest absolute Gasteiger partial charge is 0.00967 e. The summed E-state index contributed by atoms with van der Waals surface area (Å²) in [5.74, 6) is 2.67. The van der Waals surface area contributed by atoms with Crippen LogP contribution in [0.2, 0.25) is 0 Å². The predicted molar refractivity (Wildman–Crippen MR) is 91.7 cm³/mol. The van der Waals surface area contributed by atoms with Crippen molar-refractivity contribution in [3.8, 4) is 0 Å². The fourth-order valence-corrected chi connectivity index (χ4v) is 4.53. The van der Waals surface area contributed by atoms with Crippen molar-refractivity contribution in [2.75, 3.05) is 37.7 Å². The standard InChI is InChI=1S/C17H34N2S/c1-16(2,3)18-14-17(8-6-4-5-7-9-17)15-19-10-12-20-13-11-19/h18H,4-15H2,1-3H3. The second kappa shape index (κ2) is 7.51. The van der Waals surface area contributed by atoms with Gasteiger partial charge < -0.3 is 10.2 Å². The number of thioether (sulfide) groups is 1. The van der Waals surface area contributed by atoms with Gasteiger partial charge in [-0.05, 0) is 39.0 Å². The molecule has 0 bridgehead atoms. The van der Waals surface area contributed by atoms with Gasteiger partial charge >= 0.3 is 0 Å². The van der Waals surface area contributed by atoms with Gasteiger partial charge in [-0.15, -0.1) is 0 Å². The summed E-state index contributed by atoms with van der Waals surface area (Å²) in [6, 6.07) is 0. The van der Waals surface area contributed by atoms with Gasteiger partial charge in [-0.1, -0.05) is 25.7 Å². The minimum Gasteiger partial charge on any atom is -0.311 e. The van der Waals surface area contributed by atoms with E-state index in [4.69, 9.17) is 0 Å². The Morgan fingerprint density at radius 2 is 1.60 bits per heavy atom. The fourth-order valence-electron chi connectivity index (χ4n) is 3.56. The van der Waals surface area contributed by atoms with E-state index in [0.717, 1.165) is 0 Å². The molecule has 0 radical (unpaired) electrons. The Labute approximate surface area is 130 Å². The van der Waals surface area contributed by atoms with Crippen LogP contribution < -0.4 is 5.32 Å². The summed E-state index contributed by atoms with van der Waals surface area (Å²) >= 11 is 2.12. The highest BCUT2D eigenvalue weighted by atomic mass is 32.2. The molecule has 2 nitrogen and oxygen atoms in total. The van der Waals surface area contributed by atoms with Crippen molar-refractivity contribution in [1.82, 2.24) is 10.2 Å². The van der Waals surface area contributed by atoms with Crippen LogP contribution in [-0.4, -0.2) is 48.1 Å². The van der Waals surface area contributed by atoms with Crippen molar-refractivity contribution in [2.24, 2.45) is 5.41 Å². The van der Waals surface area contributed by atoms with Gasteiger partial charge in [0.05, 0.1) is 0 Å². The lowest BCUT2D eigenvalue weighted by molar-refractivity contribution is 0.125. The Hall–Kier alpha value is 0.270. The van der Waals surface area contributed by atoms with Gasteiger partial charge in [-0.3, -0.25) is 0 Å². The SMILES string of the molecule is CC(C)(C)NCC1(CN2CCSCC2)CCCCCC1. The van der Waals surface area contributed by atoms with Gasteiger partial charge in [0.2, 0.25) is 0 Å². The Morgan fingerprint density at radius 1 is 1.00 bits per heavy atom. The maximum atomic E-state index is 3.82. The highest BCUT2D eigenvalue weighted by Gasteiger charge is 2.34. The fraction of sp³-hybridized carbons (Fsp3) is 1.00. The number of hydrogen-bond acceptors (Lipinski definition) is 3. The molecule has 0 unspecified atom stereocenters. The average molecular weight is 299 g/mol. The first-order chi connectivity index (χ1) is 9.49. The summed E-state index contributed by atoms with van der Waals surface area (Å²) in [4.78, 5) is 2.74. The molecule has 1 N–H and O–H groups in total. The molecular formula is C17H34N2S. The van der Waals surface area contributed by atoms with Crippen LogP contribution in [0.5, 0.6) is 0 Å². The van der Waals surface area contributed by atoms with Gasteiger partial charge in [0, 0.05) is 43.2 Å². The van der Waals surface area contributed by atoms with Crippen LogP contribution in [0.1, 0.15) is 59.3 Å². The molecule has 1 saturated carbocycles. The molecule has 1 saturated heterocycles. The van der Waals surface area contributed by atoms with E-state index in [2.05, 4.69) is 42.7 Å². The van der Waals surface area contributed by atoms with Gasteiger partial charge in [0.25, 0.3) is 0 Å². The van der Waals surface area contributed by atoms with E-state index < -0.39 is 0 Å². The van der Waals surface area contributed by atoms with E-state index in [1.54, 1.807) is 0 Å². The zero-order valence-electron chi connectivity index (χ0n) is 13.8. The zero-order valence-corrected chi connectivity index (χ0v) is 14.7. The Kier molecular flexibility index (Phi) is 6.25. The molecule has 0 aromatic carbocycles. The normalized spacial score (nSPS) is 25.4. The summed E-state index contributed by atoms with van der Waals surface area (Å²) in [7, 11) is 0. The minimum absolute atomic E-state index is 0.247. The summed E-state index contributed by atoms with van der Waals surface area (Å²) < 4.78 is 0. The van der Waals surface area contributed by atoms with Gasteiger partial charge in [0.15, 0.2) is 0 Å². The van der Waals surface area contributed by atoms with Gasteiger partial charge in [0.1, 0.15) is 0 Å². The second-order valence-corrected chi connectivity index (χ2v) is 9.13. The van der Waals surface area contributed by atoms with Gasteiger partial charge in [-0.2, -0.15) is 11.8 Å². The third kappa shape index (κ3) is 5.57. The molecule has 1 heterocycles. The van der Waals surface area contributed by atoms with Gasteiger partial charge in [-0.25, -0.2) is 0 Å².